The minimum Gasteiger partial charge on any atom is -0.314 e. The van der Waals surface area contributed by atoms with Crippen molar-refractivity contribution in [2.75, 3.05) is 6.16 Å². The summed E-state index contributed by atoms with van der Waals surface area (Å²) in [6.45, 7) is 12.0. The second-order valence-corrected chi connectivity index (χ2v) is 23.0. The molecule has 0 heterocycles. The fourth-order valence-electron chi connectivity index (χ4n) is 6.67. The predicted molar refractivity (Wildman–Crippen MR) is 216 cm³/mol. The minimum absolute atomic E-state index is 0.0584. The van der Waals surface area contributed by atoms with Gasteiger partial charge in [0.05, 0.1) is 5.40 Å². The highest BCUT2D eigenvalue weighted by Crippen LogP contribution is 2.69. The summed E-state index contributed by atoms with van der Waals surface area (Å²) >= 11 is 0. The number of aryl methyl sites for hydroxylation is 6. The molecule has 0 radical (unpaired) electrons. The zero-order chi connectivity index (χ0) is 35.7. The van der Waals surface area contributed by atoms with Crippen molar-refractivity contribution in [3.8, 4) is 0 Å². The van der Waals surface area contributed by atoms with E-state index in [1.165, 1.54) is 0 Å². The van der Waals surface area contributed by atoms with Crippen LogP contribution in [0, 0.1) is 41.5 Å². The second-order valence-electron chi connectivity index (χ2n) is 13.7. The van der Waals surface area contributed by atoms with Crippen molar-refractivity contribution >= 4 is 53.3 Å². The maximum atomic E-state index is 16.8. The van der Waals surface area contributed by atoms with Gasteiger partial charge in [-0.15, -0.1) is 0 Å². The van der Waals surface area contributed by atoms with Gasteiger partial charge < -0.3 is 13.7 Å². The number of hydrogen-bond acceptors (Lipinski definition) is 3. The summed E-state index contributed by atoms with van der Waals surface area (Å²) in [6, 6.07) is 46.7. The summed E-state index contributed by atoms with van der Waals surface area (Å²) in [4.78, 5) is 0. The van der Waals surface area contributed by atoms with E-state index >= 15 is 13.7 Å². The van der Waals surface area contributed by atoms with Gasteiger partial charge in [-0.05, 0) is 41.5 Å². The summed E-state index contributed by atoms with van der Waals surface area (Å²) < 4.78 is 49.9. The third-order valence-corrected chi connectivity index (χ3v) is 21.8. The summed E-state index contributed by atoms with van der Waals surface area (Å²) in [5, 5.41) is 2.71. The summed E-state index contributed by atoms with van der Waals surface area (Å²) in [6.07, 6.45) is -0.0584. The maximum absolute atomic E-state index is 16.8. The Hall–Kier alpha value is -3.99. The van der Waals surface area contributed by atoms with Crippen LogP contribution in [-0.2, 0) is 13.7 Å². The molecule has 3 nitrogen and oxygen atoms in total. The molecule has 50 heavy (non-hydrogen) atoms. The lowest BCUT2D eigenvalue weighted by Gasteiger charge is -2.38. The van der Waals surface area contributed by atoms with E-state index in [1.54, 1.807) is 0 Å². The van der Waals surface area contributed by atoms with Gasteiger partial charge in [0.25, 0.3) is 0 Å². The first-order valence-electron chi connectivity index (χ1n) is 17.1. The van der Waals surface area contributed by atoms with E-state index in [1.807, 2.05) is 187 Å². The molecule has 0 atom stereocenters. The summed E-state index contributed by atoms with van der Waals surface area (Å²) in [5.74, 6) is 0. The van der Waals surface area contributed by atoms with Gasteiger partial charge in [0, 0.05) is 38.0 Å². The van der Waals surface area contributed by atoms with E-state index < -0.39 is 26.8 Å². The molecule has 0 saturated carbocycles. The van der Waals surface area contributed by atoms with Crippen LogP contribution in [0.5, 0.6) is 0 Å². The van der Waals surface area contributed by atoms with E-state index in [2.05, 4.69) is 0 Å². The topological polar surface area (TPSA) is 51.2 Å². The van der Waals surface area contributed by atoms with Crippen LogP contribution >= 0.6 is 21.4 Å². The SMILES string of the molecule is Cc1ccc(P(=O)(CC(P(=O)(c2ccc(C)cc2)c2ccc(C)cc2)P(=O)(c2ccc(C)cc2)c2ccc(C)cc2)c2ccc(C)cc2)cc1. The van der Waals surface area contributed by atoms with Crippen molar-refractivity contribution in [1.82, 2.24) is 0 Å². The third-order valence-electron chi connectivity index (χ3n) is 9.83. The number of benzene rings is 6. The Bertz CT molecular complexity index is 1980. The monoisotopic (exact) mass is 714 g/mol. The quantitative estimate of drug-likeness (QED) is 0.133. The van der Waals surface area contributed by atoms with Crippen LogP contribution in [0.3, 0.4) is 0 Å². The van der Waals surface area contributed by atoms with Gasteiger partial charge in [-0.25, -0.2) is 0 Å². The fraction of sp³-hybridized carbons (Fsp3) is 0.182. The first-order valence-corrected chi connectivity index (χ1v) is 22.5. The van der Waals surface area contributed by atoms with Gasteiger partial charge >= 0.3 is 0 Å². The smallest absolute Gasteiger partial charge is 0.154 e. The summed E-state index contributed by atoms with van der Waals surface area (Å²) in [5.41, 5.74) is 6.24. The molecule has 0 aliphatic carbocycles. The van der Waals surface area contributed by atoms with Crippen LogP contribution < -0.4 is 31.8 Å². The molecule has 0 aliphatic heterocycles. The van der Waals surface area contributed by atoms with Crippen LogP contribution in [0.1, 0.15) is 33.4 Å². The van der Waals surface area contributed by atoms with Gasteiger partial charge in [-0.1, -0.05) is 179 Å². The van der Waals surface area contributed by atoms with E-state index in [-0.39, 0.29) is 6.16 Å². The third kappa shape index (κ3) is 6.85. The average molecular weight is 715 g/mol. The molecule has 0 amide bonds. The highest BCUT2D eigenvalue weighted by Gasteiger charge is 2.52. The molecule has 254 valence electrons. The first-order chi connectivity index (χ1) is 23.8. The van der Waals surface area contributed by atoms with E-state index in [9.17, 15) is 0 Å². The molecule has 6 rings (SSSR count). The Kier molecular flexibility index (Phi) is 10.3. The van der Waals surface area contributed by atoms with Gasteiger partial charge in [0.2, 0.25) is 0 Å². The lowest BCUT2D eigenvalue weighted by molar-refractivity contribution is 0.570. The van der Waals surface area contributed by atoms with Crippen LogP contribution in [0.25, 0.3) is 0 Å². The molecular weight excluding hydrogens is 669 g/mol. The van der Waals surface area contributed by atoms with Crippen molar-refractivity contribution in [3.05, 3.63) is 179 Å². The molecule has 0 aliphatic rings. The van der Waals surface area contributed by atoms with Crippen molar-refractivity contribution in [2.24, 2.45) is 0 Å². The van der Waals surface area contributed by atoms with E-state index in [0.29, 0.717) is 31.8 Å². The highest BCUT2D eigenvalue weighted by atomic mass is 31.2. The van der Waals surface area contributed by atoms with Crippen molar-refractivity contribution in [2.45, 2.75) is 46.9 Å². The molecule has 6 aromatic rings. The zero-order valence-corrected chi connectivity index (χ0v) is 32.4. The molecule has 0 bridgehead atoms. The average Bonchev–Trinajstić information content (AvgIpc) is 3.11. The molecule has 0 N–H and O–H groups in total. The molecular formula is C44H45O3P3. The highest BCUT2D eigenvalue weighted by molar-refractivity contribution is 7.96. The van der Waals surface area contributed by atoms with Gasteiger partial charge in [-0.3, -0.25) is 0 Å². The van der Waals surface area contributed by atoms with E-state index in [4.69, 9.17) is 0 Å². The molecule has 0 unspecified atom stereocenters. The first kappa shape index (κ1) is 35.8. The minimum atomic E-state index is -3.84. The second kappa shape index (κ2) is 14.3. The Morgan fingerprint density at radius 3 is 0.700 bits per heavy atom. The molecule has 0 spiro atoms. The van der Waals surface area contributed by atoms with Gasteiger partial charge in [0.15, 0.2) is 14.3 Å². The van der Waals surface area contributed by atoms with Crippen LogP contribution in [0.4, 0.5) is 0 Å². The van der Waals surface area contributed by atoms with Crippen molar-refractivity contribution in [1.29, 1.82) is 0 Å². The predicted octanol–water partition coefficient (Wildman–Crippen LogP) is 9.21. The summed E-state index contributed by atoms with van der Waals surface area (Å²) in [7, 11) is -11.3. The van der Waals surface area contributed by atoms with E-state index in [0.717, 1.165) is 33.4 Å². The van der Waals surface area contributed by atoms with Crippen LogP contribution in [0.2, 0.25) is 0 Å². The fourth-order valence-corrected chi connectivity index (χ4v) is 20.1. The van der Waals surface area contributed by atoms with Gasteiger partial charge in [-0.2, -0.15) is 0 Å². The van der Waals surface area contributed by atoms with Crippen molar-refractivity contribution in [3.63, 3.8) is 0 Å². The molecule has 6 aromatic carbocycles. The molecule has 0 saturated heterocycles. The standard InChI is InChI=1S/C44H45O3P3/c1-32-7-19-38(20-8-32)48(45,39-21-9-33(2)10-22-39)31-44(49(46,40-23-11-34(3)12-24-40)41-25-13-35(4)14-26-41)50(47,42-27-15-36(5)16-28-42)43-29-17-37(6)18-30-43/h7-30,44H,31H2,1-6H3. The Morgan fingerprint density at radius 1 is 0.320 bits per heavy atom. The van der Waals surface area contributed by atoms with Crippen LogP contribution in [-0.4, -0.2) is 11.6 Å². The molecule has 6 heteroatoms. The largest absolute Gasteiger partial charge is 0.314 e. The number of rotatable bonds is 10. The maximum Gasteiger partial charge on any atom is 0.154 e. The normalized spacial score (nSPS) is 12.3. The lowest BCUT2D eigenvalue weighted by Crippen LogP contribution is -2.37. The number of hydrogen-bond donors (Lipinski definition) is 0. The molecule has 0 fully saturated rings. The zero-order valence-electron chi connectivity index (χ0n) is 29.7. The van der Waals surface area contributed by atoms with Crippen LogP contribution in [0.15, 0.2) is 146 Å². The van der Waals surface area contributed by atoms with Crippen molar-refractivity contribution < 1.29 is 13.7 Å². The Balaban J connectivity index is 1.76. The molecule has 0 aromatic heterocycles. The Labute approximate surface area is 298 Å². The lowest BCUT2D eigenvalue weighted by atomic mass is 10.2. The van der Waals surface area contributed by atoms with Gasteiger partial charge in [0.1, 0.15) is 7.14 Å². The Morgan fingerprint density at radius 2 is 0.500 bits per heavy atom.